The van der Waals surface area contributed by atoms with Crippen LogP contribution in [0.25, 0.3) is 0 Å². The molecule has 2 fully saturated rings. The normalized spacial score (nSPS) is 25.3. The summed E-state index contributed by atoms with van der Waals surface area (Å²) in [6.07, 6.45) is 9.09. The summed E-state index contributed by atoms with van der Waals surface area (Å²) in [5.41, 5.74) is 0. The Hall–Kier alpha value is -0.570. The molecule has 0 heterocycles. The molecule has 0 saturated heterocycles. The second-order valence-electron chi connectivity index (χ2n) is 5.86. The molecule has 3 heteroatoms. The molecule has 0 radical (unpaired) electrons. The number of amides is 1. The largest absolute Gasteiger partial charge is 0.352 e. The van der Waals surface area contributed by atoms with Crippen molar-refractivity contribution in [2.75, 3.05) is 0 Å². The molecular formula is C14H26N2O. The Morgan fingerprint density at radius 2 is 1.71 bits per heavy atom. The summed E-state index contributed by atoms with van der Waals surface area (Å²) in [6.45, 7) is 4.22. The molecule has 98 valence electrons. The summed E-state index contributed by atoms with van der Waals surface area (Å²) in [5, 5.41) is 6.53. The van der Waals surface area contributed by atoms with Crippen LogP contribution in [-0.2, 0) is 4.79 Å². The molecule has 0 aromatic carbocycles. The van der Waals surface area contributed by atoms with Crippen molar-refractivity contribution in [1.82, 2.24) is 10.6 Å². The van der Waals surface area contributed by atoms with E-state index in [4.69, 9.17) is 0 Å². The molecule has 1 unspecified atom stereocenters. The maximum Gasteiger partial charge on any atom is 0.237 e. The molecule has 2 rings (SSSR count). The van der Waals surface area contributed by atoms with Gasteiger partial charge in [0.05, 0.1) is 6.04 Å². The molecule has 0 aliphatic heterocycles. The summed E-state index contributed by atoms with van der Waals surface area (Å²) in [7, 11) is 0. The third-order valence-corrected chi connectivity index (χ3v) is 4.19. The number of hydrogen-bond acceptors (Lipinski definition) is 2. The average Bonchev–Trinajstić information content (AvgIpc) is 3.14. The van der Waals surface area contributed by atoms with Crippen LogP contribution in [0.1, 0.15) is 58.8 Å². The van der Waals surface area contributed by atoms with Gasteiger partial charge >= 0.3 is 0 Å². The lowest BCUT2D eigenvalue weighted by molar-refractivity contribution is -0.123. The van der Waals surface area contributed by atoms with E-state index in [0.717, 1.165) is 18.8 Å². The Balaban J connectivity index is 1.71. The second kappa shape index (κ2) is 5.85. The fraction of sp³-hybridized carbons (Fsp3) is 0.929. The maximum absolute atomic E-state index is 11.8. The van der Waals surface area contributed by atoms with Crippen LogP contribution in [0, 0.1) is 5.92 Å². The van der Waals surface area contributed by atoms with E-state index in [0.29, 0.717) is 12.1 Å². The molecule has 3 nitrogen and oxygen atoms in total. The van der Waals surface area contributed by atoms with Crippen molar-refractivity contribution >= 4 is 5.91 Å². The molecule has 1 amide bonds. The summed E-state index contributed by atoms with van der Waals surface area (Å²) in [4.78, 5) is 11.8. The summed E-state index contributed by atoms with van der Waals surface area (Å²) in [5.74, 6) is 0.940. The van der Waals surface area contributed by atoms with Gasteiger partial charge in [0.2, 0.25) is 5.91 Å². The third kappa shape index (κ3) is 3.98. The van der Waals surface area contributed by atoms with E-state index in [2.05, 4.69) is 17.6 Å². The van der Waals surface area contributed by atoms with Crippen molar-refractivity contribution in [3.8, 4) is 0 Å². The van der Waals surface area contributed by atoms with Gasteiger partial charge in [-0.1, -0.05) is 19.3 Å². The molecule has 2 aliphatic rings. The van der Waals surface area contributed by atoms with Crippen LogP contribution in [0.5, 0.6) is 0 Å². The fourth-order valence-electron chi connectivity index (χ4n) is 2.79. The van der Waals surface area contributed by atoms with Gasteiger partial charge in [0.15, 0.2) is 0 Å². The molecule has 0 aromatic heterocycles. The average molecular weight is 238 g/mol. The van der Waals surface area contributed by atoms with Crippen LogP contribution in [0.4, 0.5) is 0 Å². The predicted molar refractivity (Wildman–Crippen MR) is 69.8 cm³/mol. The summed E-state index contributed by atoms with van der Waals surface area (Å²) in [6, 6.07) is 0.888. The molecule has 2 saturated carbocycles. The van der Waals surface area contributed by atoms with Crippen molar-refractivity contribution in [3.63, 3.8) is 0 Å². The lowest BCUT2D eigenvalue weighted by Crippen LogP contribution is -2.48. The fourth-order valence-corrected chi connectivity index (χ4v) is 2.79. The van der Waals surface area contributed by atoms with Crippen LogP contribution in [0.3, 0.4) is 0 Å². The molecule has 0 aromatic rings. The molecular weight excluding hydrogens is 212 g/mol. The second-order valence-corrected chi connectivity index (χ2v) is 5.86. The van der Waals surface area contributed by atoms with E-state index < -0.39 is 0 Å². The lowest BCUT2D eigenvalue weighted by Gasteiger charge is -2.30. The van der Waals surface area contributed by atoms with E-state index in [1.54, 1.807) is 0 Å². The molecule has 0 bridgehead atoms. The van der Waals surface area contributed by atoms with E-state index in [1.165, 1.54) is 32.1 Å². The van der Waals surface area contributed by atoms with Crippen molar-refractivity contribution in [3.05, 3.63) is 0 Å². The Morgan fingerprint density at radius 3 is 2.29 bits per heavy atom. The van der Waals surface area contributed by atoms with Crippen LogP contribution < -0.4 is 10.6 Å². The molecule has 0 spiro atoms. The first-order valence-electron chi connectivity index (χ1n) is 7.23. The highest BCUT2D eigenvalue weighted by Gasteiger charge is 2.27. The summed E-state index contributed by atoms with van der Waals surface area (Å²) < 4.78 is 0. The van der Waals surface area contributed by atoms with Gasteiger partial charge in [0.25, 0.3) is 0 Å². The number of rotatable bonds is 5. The summed E-state index contributed by atoms with van der Waals surface area (Å²) >= 11 is 0. The smallest absolute Gasteiger partial charge is 0.237 e. The number of carbonyl (C=O) groups excluding carboxylic acids is 1. The minimum atomic E-state index is -0.0486. The quantitative estimate of drug-likeness (QED) is 0.771. The Labute approximate surface area is 105 Å². The van der Waals surface area contributed by atoms with Crippen molar-refractivity contribution in [1.29, 1.82) is 0 Å². The maximum atomic E-state index is 11.8. The zero-order chi connectivity index (χ0) is 12.3. The number of carbonyl (C=O) groups is 1. The van der Waals surface area contributed by atoms with E-state index in [-0.39, 0.29) is 11.9 Å². The standard InChI is InChI=1S/C14H26N2O/c1-10(12-6-4-3-5-7-12)15-11(2)14(17)16-13-8-9-13/h10-13,15H,3-9H2,1-2H3,(H,16,17)/t10-,11?/m0/s1. The molecule has 2 aliphatic carbocycles. The predicted octanol–water partition coefficient (Wildman–Crippen LogP) is 2.21. The highest BCUT2D eigenvalue weighted by atomic mass is 16.2. The van der Waals surface area contributed by atoms with Gasteiger partial charge in [-0.2, -0.15) is 0 Å². The SMILES string of the molecule is CC(N[C@@H](C)C1CCCCC1)C(=O)NC1CC1. The highest BCUT2D eigenvalue weighted by Crippen LogP contribution is 2.26. The van der Waals surface area contributed by atoms with Crippen LogP contribution in [0.15, 0.2) is 0 Å². The minimum Gasteiger partial charge on any atom is -0.352 e. The number of hydrogen-bond donors (Lipinski definition) is 2. The van der Waals surface area contributed by atoms with E-state index >= 15 is 0 Å². The van der Waals surface area contributed by atoms with E-state index in [9.17, 15) is 4.79 Å². The molecule has 17 heavy (non-hydrogen) atoms. The zero-order valence-corrected chi connectivity index (χ0v) is 11.2. The van der Waals surface area contributed by atoms with Gasteiger partial charge in [-0.05, 0) is 45.4 Å². The van der Waals surface area contributed by atoms with Crippen LogP contribution >= 0.6 is 0 Å². The van der Waals surface area contributed by atoms with Crippen molar-refractivity contribution in [2.24, 2.45) is 5.92 Å². The van der Waals surface area contributed by atoms with E-state index in [1.807, 2.05) is 6.92 Å². The van der Waals surface area contributed by atoms with Gasteiger partial charge < -0.3 is 10.6 Å². The highest BCUT2D eigenvalue weighted by molar-refractivity contribution is 5.81. The van der Waals surface area contributed by atoms with Crippen LogP contribution in [0.2, 0.25) is 0 Å². The lowest BCUT2D eigenvalue weighted by atomic mass is 9.84. The topological polar surface area (TPSA) is 41.1 Å². The Morgan fingerprint density at radius 1 is 1.06 bits per heavy atom. The Kier molecular flexibility index (Phi) is 4.43. The van der Waals surface area contributed by atoms with Crippen molar-refractivity contribution in [2.45, 2.75) is 76.9 Å². The van der Waals surface area contributed by atoms with Crippen molar-refractivity contribution < 1.29 is 4.79 Å². The van der Waals surface area contributed by atoms with Gasteiger partial charge in [0.1, 0.15) is 0 Å². The Bertz CT molecular complexity index is 257. The first kappa shape index (κ1) is 12.9. The minimum absolute atomic E-state index is 0.0486. The monoisotopic (exact) mass is 238 g/mol. The first-order chi connectivity index (χ1) is 8.16. The van der Waals surface area contributed by atoms with Gasteiger partial charge in [0, 0.05) is 12.1 Å². The van der Waals surface area contributed by atoms with Crippen LogP contribution in [-0.4, -0.2) is 24.0 Å². The van der Waals surface area contributed by atoms with Gasteiger partial charge in [-0.15, -0.1) is 0 Å². The van der Waals surface area contributed by atoms with Gasteiger partial charge in [-0.25, -0.2) is 0 Å². The molecule has 2 N–H and O–H groups in total. The number of nitrogens with one attached hydrogen (secondary N) is 2. The molecule has 2 atom stereocenters. The first-order valence-corrected chi connectivity index (χ1v) is 7.23. The third-order valence-electron chi connectivity index (χ3n) is 4.19. The zero-order valence-electron chi connectivity index (χ0n) is 11.2. The van der Waals surface area contributed by atoms with Gasteiger partial charge in [-0.3, -0.25) is 4.79 Å².